The lowest BCUT2D eigenvalue weighted by Gasteiger charge is -2.43. The molecule has 2 aromatic heterocycles. The van der Waals surface area contributed by atoms with Crippen molar-refractivity contribution in [3.63, 3.8) is 0 Å². The third kappa shape index (κ3) is 4.82. The molecule has 4 N–H and O–H groups in total. The summed E-state index contributed by atoms with van der Waals surface area (Å²) in [6.07, 6.45) is 3.47. The molecule has 0 aliphatic carbocycles. The van der Waals surface area contributed by atoms with E-state index in [-0.39, 0.29) is 19.1 Å². The number of nitrogens with two attached hydrogens (primary N) is 1. The molecule has 3 aromatic rings. The molecule has 10 nitrogen and oxygen atoms in total. The highest BCUT2D eigenvalue weighted by molar-refractivity contribution is 6.33. The number of carbonyl (C=O) groups is 2. The van der Waals surface area contributed by atoms with E-state index in [1.54, 1.807) is 18.5 Å². The number of ether oxygens (including phenoxy) is 1. The zero-order chi connectivity index (χ0) is 24.7. The molecule has 5 rings (SSSR count). The van der Waals surface area contributed by atoms with E-state index >= 15 is 0 Å². The molecule has 2 aliphatic heterocycles. The Kier molecular flexibility index (Phi) is 6.12. The van der Waals surface area contributed by atoms with Gasteiger partial charge in [-0.1, -0.05) is 11.6 Å². The van der Waals surface area contributed by atoms with Gasteiger partial charge in [-0.25, -0.2) is 0 Å². The maximum atomic E-state index is 13.6. The van der Waals surface area contributed by atoms with Crippen molar-refractivity contribution in [1.29, 1.82) is 0 Å². The van der Waals surface area contributed by atoms with Crippen LogP contribution in [0.2, 0.25) is 5.02 Å². The molecule has 1 atom stereocenters. The van der Waals surface area contributed by atoms with Gasteiger partial charge in [0.1, 0.15) is 11.9 Å². The van der Waals surface area contributed by atoms with Gasteiger partial charge in [-0.15, -0.1) is 0 Å². The Morgan fingerprint density at radius 1 is 1.34 bits per heavy atom. The zero-order valence-electron chi connectivity index (χ0n) is 19.7. The first-order valence-corrected chi connectivity index (χ1v) is 11.9. The van der Waals surface area contributed by atoms with Crippen LogP contribution in [0.15, 0.2) is 35.6 Å². The van der Waals surface area contributed by atoms with Gasteiger partial charge < -0.3 is 25.7 Å². The van der Waals surface area contributed by atoms with Crippen molar-refractivity contribution in [2.24, 2.45) is 10.7 Å². The summed E-state index contributed by atoms with van der Waals surface area (Å²) in [5, 5.41) is 5.46. The topological polar surface area (TPSA) is 129 Å². The largest absolute Gasteiger partial charge is 0.372 e. The van der Waals surface area contributed by atoms with Crippen molar-refractivity contribution in [3.05, 3.63) is 35.6 Å². The quantitative estimate of drug-likeness (QED) is 0.477. The Morgan fingerprint density at radius 3 is 2.97 bits per heavy atom. The Hall–Kier alpha value is -3.21. The molecular formula is C24H28ClN7O3. The monoisotopic (exact) mass is 497 g/mol. The van der Waals surface area contributed by atoms with Crippen LogP contribution in [-0.4, -0.2) is 88.4 Å². The van der Waals surface area contributed by atoms with Crippen molar-refractivity contribution in [3.8, 4) is 0 Å². The molecule has 2 aliphatic rings. The number of aliphatic imine (C=N–C) groups is 1. The van der Waals surface area contributed by atoms with E-state index in [0.717, 1.165) is 27.6 Å². The highest BCUT2D eigenvalue weighted by Gasteiger charge is 2.39. The smallest absolute Gasteiger partial charge is 0.244 e. The standard InChI is InChI=1S/C24H28ClN7O3/c1-24(2)13-32(11-21-28-5-6-31(21)10-20(26)33)19(12-35-24)23(34)30-17-8-14(25)7-16-15-3-4-27-9-18(15)29-22(16)17/h3-4,7-9,19,29H,5-6,10-13H2,1-2H3,(H2,26,33)(H,30,34)/t19-/m0/s1. The molecule has 0 spiro atoms. The van der Waals surface area contributed by atoms with Crippen LogP contribution in [0, 0.1) is 0 Å². The molecule has 1 aromatic carbocycles. The molecule has 35 heavy (non-hydrogen) atoms. The lowest BCUT2D eigenvalue weighted by Crippen LogP contribution is -2.60. The second kappa shape index (κ2) is 9.10. The number of H-pyrrole nitrogens is 1. The van der Waals surface area contributed by atoms with Crippen molar-refractivity contribution in [2.45, 2.75) is 25.5 Å². The molecule has 0 radical (unpaired) electrons. The van der Waals surface area contributed by atoms with Gasteiger partial charge in [0.2, 0.25) is 11.8 Å². The highest BCUT2D eigenvalue weighted by Crippen LogP contribution is 2.33. The van der Waals surface area contributed by atoms with Gasteiger partial charge >= 0.3 is 0 Å². The molecule has 0 saturated carbocycles. The average molecular weight is 498 g/mol. The molecule has 184 valence electrons. The number of hydrogen-bond acceptors (Lipinski definition) is 7. The Labute approximate surface area is 207 Å². The number of carbonyl (C=O) groups excluding carboxylic acids is 2. The summed E-state index contributed by atoms with van der Waals surface area (Å²) >= 11 is 6.41. The lowest BCUT2D eigenvalue weighted by atomic mass is 10.0. The van der Waals surface area contributed by atoms with Crippen LogP contribution in [0.4, 0.5) is 5.69 Å². The van der Waals surface area contributed by atoms with Gasteiger partial charge in [-0.3, -0.25) is 24.5 Å². The molecule has 2 amide bonds. The van der Waals surface area contributed by atoms with E-state index in [1.807, 2.05) is 35.8 Å². The summed E-state index contributed by atoms with van der Waals surface area (Å²) in [6.45, 7) is 6.50. The SMILES string of the molecule is CC1(C)CN(CC2=NCCN2CC(N)=O)[C@H](C(=O)Nc2cc(Cl)cc3c2[nH]c2cnccc23)CO1. The Morgan fingerprint density at radius 2 is 2.17 bits per heavy atom. The molecular weight excluding hydrogens is 470 g/mol. The molecule has 0 unspecified atom stereocenters. The number of morpholine rings is 1. The van der Waals surface area contributed by atoms with E-state index in [2.05, 4.69) is 20.3 Å². The number of halogens is 1. The van der Waals surface area contributed by atoms with Crippen molar-refractivity contribution in [2.75, 3.05) is 44.6 Å². The molecule has 11 heteroatoms. The number of primary amides is 1. The second-order valence-electron chi connectivity index (χ2n) is 9.59. The Bertz CT molecular complexity index is 1340. The van der Waals surface area contributed by atoms with Crippen molar-refractivity contribution >= 4 is 56.7 Å². The van der Waals surface area contributed by atoms with Crippen molar-refractivity contribution in [1.82, 2.24) is 19.8 Å². The van der Waals surface area contributed by atoms with E-state index < -0.39 is 17.6 Å². The van der Waals surface area contributed by atoms with Gasteiger partial charge in [0.15, 0.2) is 0 Å². The fraction of sp³-hybridized carbons (Fsp3) is 0.417. The number of aromatic amines is 1. The van der Waals surface area contributed by atoms with Crippen molar-refractivity contribution < 1.29 is 14.3 Å². The fourth-order valence-electron chi connectivity index (χ4n) is 4.81. The number of pyridine rings is 1. The second-order valence-corrected chi connectivity index (χ2v) is 10.0. The Balaban J connectivity index is 1.41. The number of fused-ring (bicyclic) bond motifs is 3. The maximum Gasteiger partial charge on any atom is 0.244 e. The summed E-state index contributed by atoms with van der Waals surface area (Å²) in [5.41, 5.74) is 7.20. The molecule has 4 heterocycles. The highest BCUT2D eigenvalue weighted by atomic mass is 35.5. The van der Waals surface area contributed by atoms with Crippen LogP contribution in [0.25, 0.3) is 21.8 Å². The van der Waals surface area contributed by atoms with Crippen LogP contribution in [0.3, 0.4) is 0 Å². The van der Waals surface area contributed by atoms with Gasteiger partial charge in [-0.2, -0.15) is 0 Å². The molecule has 0 bridgehead atoms. The number of nitrogens with zero attached hydrogens (tertiary/aromatic N) is 4. The minimum Gasteiger partial charge on any atom is -0.372 e. The lowest BCUT2D eigenvalue weighted by molar-refractivity contribution is -0.141. The third-order valence-corrected chi connectivity index (χ3v) is 6.63. The van der Waals surface area contributed by atoms with Crippen LogP contribution >= 0.6 is 11.6 Å². The van der Waals surface area contributed by atoms with E-state index in [1.165, 1.54) is 0 Å². The fourth-order valence-corrected chi connectivity index (χ4v) is 5.03. The van der Waals surface area contributed by atoms with Gasteiger partial charge in [0.25, 0.3) is 0 Å². The number of rotatable bonds is 6. The first-order chi connectivity index (χ1) is 16.7. The average Bonchev–Trinajstić information content (AvgIpc) is 3.37. The number of benzene rings is 1. The summed E-state index contributed by atoms with van der Waals surface area (Å²) in [4.78, 5) is 41.0. The van der Waals surface area contributed by atoms with Crippen LogP contribution in [0.5, 0.6) is 0 Å². The normalized spacial score (nSPS) is 20.4. The summed E-state index contributed by atoms with van der Waals surface area (Å²) in [5.74, 6) is 0.142. The predicted molar refractivity (Wildman–Crippen MR) is 136 cm³/mol. The van der Waals surface area contributed by atoms with Gasteiger partial charge in [-0.05, 0) is 32.0 Å². The number of nitrogens with one attached hydrogen (secondary N) is 2. The van der Waals surface area contributed by atoms with Gasteiger partial charge in [0, 0.05) is 35.1 Å². The zero-order valence-corrected chi connectivity index (χ0v) is 20.4. The summed E-state index contributed by atoms with van der Waals surface area (Å²) < 4.78 is 6.01. The number of anilines is 1. The summed E-state index contributed by atoms with van der Waals surface area (Å²) in [6, 6.07) is 4.96. The predicted octanol–water partition coefficient (Wildman–Crippen LogP) is 1.99. The first kappa shape index (κ1) is 23.5. The van der Waals surface area contributed by atoms with Gasteiger partial charge in [0.05, 0.1) is 54.8 Å². The summed E-state index contributed by atoms with van der Waals surface area (Å²) in [7, 11) is 0. The number of amides is 2. The van der Waals surface area contributed by atoms with Crippen LogP contribution in [0.1, 0.15) is 13.8 Å². The minimum absolute atomic E-state index is 0.110. The number of amidine groups is 1. The van der Waals surface area contributed by atoms with Crippen LogP contribution < -0.4 is 11.1 Å². The van der Waals surface area contributed by atoms with E-state index in [9.17, 15) is 9.59 Å². The van der Waals surface area contributed by atoms with Crippen LogP contribution in [-0.2, 0) is 14.3 Å². The third-order valence-electron chi connectivity index (χ3n) is 6.41. The number of hydrogen-bond donors (Lipinski definition) is 3. The minimum atomic E-state index is -0.554. The first-order valence-electron chi connectivity index (χ1n) is 11.5. The molecule has 1 fully saturated rings. The van der Waals surface area contributed by atoms with E-state index in [0.29, 0.717) is 36.9 Å². The van der Waals surface area contributed by atoms with E-state index in [4.69, 9.17) is 22.1 Å². The number of aromatic nitrogens is 2. The maximum absolute atomic E-state index is 13.6. The molecule has 1 saturated heterocycles.